The van der Waals surface area contributed by atoms with Crippen LogP contribution in [0.5, 0.6) is 0 Å². The number of thiazole rings is 1. The van der Waals surface area contributed by atoms with Crippen molar-refractivity contribution >= 4 is 29.2 Å². The third kappa shape index (κ3) is 5.39. The topological polar surface area (TPSA) is 132 Å². The first-order valence-electron chi connectivity index (χ1n) is 10.0. The van der Waals surface area contributed by atoms with Crippen LogP contribution in [0.1, 0.15) is 31.0 Å². The number of aliphatic hydroxyl groups excluding tert-OH is 1. The molecule has 3 amide bonds. The molecule has 3 atom stereocenters. The summed E-state index contributed by atoms with van der Waals surface area (Å²) in [5, 5.41) is 23.9. The lowest BCUT2D eigenvalue weighted by atomic mass is 10.1. The third-order valence-electron chi connectivity index (χ3n) is 5.30. The molecule has 0 aliphatic carbocycles. The van der Waals surface area contributed by atoms with Crippen LogP contribution in [0.2, 0.25) is 0 Å². The molecule has 2 heterocycles. The zero-order valence-corrected chi connectivity index (χ0v) is 18.2. The van der Waals surface area contributed by atoms with E-state index in [2.05, 4.69) is 15.6 Å². The molecule has 9 nitrogen and oxygen atoms in total. The molecule has 1 aliphatic rings. The first-order chi connectivity index (χ1) is 14.8. The van der Waals surface area contributed by atoms with Gasteiger partial charge in [0.05, 0.1) is 22.2 Å². The number of carbonyl (C=O) groups excluding carboxylic acids is 2. The van der Waals surface area contributed by atoms with E-state index in [0.29, 0.717) is 0 Å². The minimum Gasteiger partial charge on any atom is -0.465 e. The van der Waals surface area contributed by atoms with Gasteiger partial charge in [-0.1, -0.05) is 31.2 Å². The summed E-state index contributed by atoms with van der Waals surface area (Å²) in [5.41, 5.74) is 4.73. The predicted octanol–water partition coefficient (Wildman–Crippen LogP) is 1.74. The van der Waals surface area contributed by atoms with Crippen molar-refractivity contribution in [1.29, 1.82) is 0 Å². The van der Waals surface area contributed by atoms with E-state index in [4.69, 9.17) is 5.11 Å². The zero-order chi connectivity index (χ0) is 22.5. The Hall–Kier alpha value is -2.98. The molecule has 3 rings (SSSR count). The van der Waals surface area contributed by atoms with Crippen molar-refractivity contribution in [1.82, 2.24) is 20.5 Å². The van der Waals surface area contributed by atoms with E-state index in [0.717, 1.165) is 21.7 Å². The number of carboxylic acid groups (broad SMARTS) is 1. The van der Waals surface area contributed by atoms with Gasteiger partial charge in [-0.05, 0) is 24.5 Å². The molecule has 31 heavy (non-hydrogen) atoms. The number of amides is 3. The van der Waals surface area contributed by atoms with Gasteiger partial charge in [0, 0.05) is 19.5 Å². The molecule has 1 saturated heterocycles. The van der Waals surface area contributed by atoms with Crippen LogP contribution in [0, 0.1) is 6.92 Å². The van der Waals surface area contributed by atoms with Gasteiger partial charge >= 0.3 is 6.09 Å². The van der Waals surface area contributed by atoms with Gasteiger partial charge in [-0.25, -0.2) is 9.78 Å². The fourth-order valence-electron chi connectivity index (χ4n) is 3.65. The van der Waals surface area contributed by atoms with Crippen molar-refractivity contribution in [3.8, 4) is 10.4 Å². The number of aryl methyl sites for hydroxylation is 1. The van der Waals surface area contributed by atoms with Gasteiger partial charge in [-0.3, -0.25) is 9.59 Å². The Morgan fingerprint density at radius 3 is 2.58 bits per heavy atom. The monoisotopic (exact) mass is 446 g/mol. The zero-order valence-electron chi connectivity index (χ0n) is 17.4. The second-order valence-corrected chi connectivity index (χ2v) is 8.34. The quantitative estimate of drug-likeness (QED) is 0.512. The molecule has 166 valence electrons. The molecule has 1 aromatic heterocycles. The molecule has 0 saturated carbocycles. The van der Waals surface area contributed by atoms with Crippen LogP contribution in [0.25, 0.3) is 10.4 Å². The molecule has 0 spiro atoms. The van der Waals surface area contributed by atoms with Gasteiger partial charge in [0.25, 0.3) is 0 Å². The summed E-state index contributed by atoms with van der Waals surface area (Å²) in [6.45, 7) is 3.91. The standard InChI is InChI=1S/C21H26N4O5S/c1-3-16(24-21(29)30)20(28)25-10-15(26)8-17(25)19(27)22-9-13-4-6-14(7-5-13)18-12(2)23-11-31-18/h4-7,11,15-17,24,26H,3,8-10H2,1-2H3,(H,22,27)(H,29,30)/t15-,16?,17+/m1/s1. The second-order valence-electron chi connectivity index (χ2n) is 7.49. The maximum atomic E-state index is 12.8. The number of benzene rings is 1. The Labute approximate surface area is 184 Å². The minimum atomic E-state index is -1.31. The summed E-state index contributed by atoms with van der Waals surface area (Å²) in [4.78, 5) is 43.0. The molecule has 0 radical (unpaired) electrons. The van der Waals surface area contributed by atoms with E-state index in [1.165, 1.54) is 4.90 Å². The average molecular weight is 447 g/mol. The van der Waals surface area contributed by atoms with Gasteiger partial charge in [0.2, 0.25) is 11.8 Å². The second kappa shape index (κ2) is 9.88. The first kappa shape index (κ1) is 22.7. The van der Waals surface area contributed by atoms with Crippen molar-refractivity contribution in [3.05, 3.63) is 41.0 Å². The lowest BCUT2D eigenvalue weighted by Crippen LogP contribution is -2.53. The Morgan fingerprint density at radius 1 is 1.29 bits per heavy atom. The molecule has 10 heteroatoms. The van der Waals surface area contributed by atoms with Gasteiger partial charge in [-0.15, -0.1) is 11.3 Å². The molecule has 4 N–H and O–H groups in total. The van der Waals surface area contributed by atoms with Crippen LogP contribution in [0.3, 0.4) is 0 Å². The number of nitrogens with one attached hydrogen (secondary N) is 2. The normalized spacial score (nSPS) is 19.1. The number of nitrogens with zero attached hydrogens (tertiary/aromatic N) is 2. The number of rotatable bonds is 7. The smallest absolute Gasteiger partial charge is 0.405 e. The first-order valence-corrected chi connectivity index (χ1v) is 10.9. The predicted molar refractivity (Wildman–Crippen MR) is 115 cm³/mol. The van der Waals surface area contributed by atoms with Crippen molar-refractivity contribution in [2.24, 2.45) is 0 Å². The number of hydrogen-bond acceptors (Lipinski definition) is 6. The molecule has 1 fully saturated rings. The molecule has 1 unspecified atom stereocenters. The molecule has 2 aromatic rings. The lowest BCUT2D eigenvalue weighted by Gasteiger charge is -2.27. The summed E-state index contributed by atoms with van der Waals surface area (Å²) >= 11 is 1.57. The van der Waals surface area contributed by atoms with Crippen LogP contribution in [0.15, 0.2) is 29.8 Å². The van der Waals surface area contributed by atoms with Crippen LogP contribution < -0.4 is 10.6 Å². The van der Waals surface area contributed by atoms with Crippen molar-refractivity contribution in [2.75, 3.05) is 6.54 Å². The van der Waals surface area contributed by atoms with E-state index in [1.807, 2.05) is 31.2 Å². The number of likely N-dealkylation sites (tertiary alicyclic amines) is 1. The van der Waals surface area contributed by atoms with Gasteiger partial charge in [-0.2, -0.15) is 0 Å². The Kier molecular flexibility index (Phi) is 7.24. The largest absolute Gasteiger partial charge is 0.465 e. The number of aromatic nitrogens is 1. The summed E-state index contributed by atoms with van der Waals surface area (Å²) < 4.78 is 0. The van der Waals surface area contributed by atoms with Crippen LogP contribution in [0.4, 0.5) is 4.79 Å². The number of hydrogen-bond donors (Lipinski definition) is 4. The van der Waals surface area contributed by atoms with Gasteiger partial charge in [0.15, 0.2) is 0 Å². The number of β-amino-alcohol motifs (C(OH)–C–C–N with tert-alkyl or cyclic N) is 1. The highest BCUT2D eigenvalue weighted by molar-refractivity contribution is 7.13. The van der Waals surface area contributed by atoms with Crippen molar-refractivity contribution in [3.63, 3.8) is 0 Å². The number of carbonyl (C=O) groups is 3. The van der Waals surface area contributed by atoms with E-state index < -0.39 is 30.2 Å². The van der Waals surface area contributed by atoms with Crippen LogP contribution in [-0.4, -0.2) is 62.7 Å². The Balaban J connectivity index is 1.62. The summed E-state index contributed by atoms with van der Waals surface area (Å²) in [7, 11) is 0. The van der Waals surface area contributed by atoms with Crippen molar-refractivity contribution < 1.29 is 24.6 Å². The Bertz CT molecular complexity index is 946. The van der Waals surface area contributed by atoms with Crippen LogP contribution in [-0.2, 0) is 16.1 Å². The molecular formula is C21H26N4O5S. The van der Waals surface area contributed by atoms with Gasteiger partial charge in [0.1, 0.15) is 12.1 Å². The van der Waals surface area contributed by atoms with Crippen LogP contribution >= 0.6 is 11.3 Å². The number of aliphatic hydroxyl groups is 1. The minimum absolute atomic E-state index is 0.00236. The van der Waals surface area contributed by atoms with E-state index in [-0.39, 0.29) is 31.8 Å². The molecule has 1 aromatic carbocycles. The average Bonchev–Trinajstić information content (AvgIpc) is 3.35. The van der Waals surface area contributed by atoms with E-state index in [9.17, 15) is 19.5 Å². The molecular weight excluding hydrogens is 420 g/mol. The molecule has 1 aliphatic heterocycles. The highest BCUT2D eigenvalue weighted by Gasteiger charge is 2.41. The maximum absolute atomic E-state index is 12.8. The fourth-order valence-corrected chi connectivity index (χ4v) is 4.47. The Morgan fingerprint density at radius 2 is 2.00 bits per heavy atom. The SMILES string of the molecule is CCC(NC(=O)O)C(=O)N1C[C@H](O)C[C@H]1C(=O)NCc1ccc(-c2scnc2C)cc1. The van der Waals surface area contributed by atoms with E-state index in [1.54, 1.807) is 23.8 Å². The highest BCUT2D eigenvalue weighted by atomic mass is 32.1. The third-order valence-corrected chi connectivity index (χ3v) is 6.27. The summed E-state index contributed by atoms with van der Waals surface area (Å²) in [5.74, 6) is -0.886. The molecule has 0 bridgehead atoms. The fraction of sp³-hybridized carbons (Fsp3) is 0.429. The highest BCUT2D eigenvalue weighted by Crippen LogP contribution is 2.27. The van der Waals surface area contributed by atoms with Gasteiger partial charge < -0.3 is 25.7 Å². The maximum Gasteiger partial charge on any atom is 0.405 e. The summed E-state index contributed by atoms with van der Waals surface area (Å²) in [6, 6.07) is 5.99. The van der Waals surface area contributed by atoms with E-state index >= 15 is 0 Å². The lowest BCUT2D eigenvalue weighted by molar-refractivity contribution is -0.140. The summed E-state index contributed by atoms with van der Waals surface area (Å²) in [6.07, 6.45) is -1.77. The van der Waals surface area contributed by atoms with Crippen molar-refractivity contribution in [2.45, 2.75) is 51.4 Å².